The van der Waals surface area contributed by atoms with E-state index in [-0.39, 0.29) is 6.04 Å². The molecule has 0 fully saturated rings. The van der Waals surface area contributed by atoms with Crippen LogP contribution in [0.4, 0.5) is 0 Å². The van der Waals surface area contributed by atoms with Crippen molar-refractivity contribution in [2.75, 3.05) is 6.54 Å². The van der Waals surface area contributed by atoms with Gasteiger partial charge >= 0.3 is 0 Å². The van der Waals surface area contributed by atoms with Crippen molar-refractivity contribution in [3.8, 4) is 0 Å². The fraction of sp³-hybridized carbons (Fsp3) is 0.300. The SMILES string of the molecule is CCc1ccc([C@@H]2C=CCCN2S(=O)(=O)c2ccc(C)cc2)cc1. The van der Waals surface area contributed by atoms with Crippen molar-refractivity contribution in [3.05, 3.63) is 77.4 Å². The molecule has 0 radical (unpaired) electrons. The molecule has 0 aromatic heterocycles. The minimum Gasteiger partial charge on any atom is -0.207 e. The van der Waals surface area contributed by atoms with Gasteiger partial charge in [-0.1, -0.05) is 61.0 Å². The fourth-order valence-corrected chi connectivity index (χ4v) is 4.59. The molecule has 0 N–H and O–H groups in total. The van der Waals surface area contributed by atoms with Gasteiger partial charge in [-0.05, 0) is 43.0 Å². The molecule has 0 spiro atoms. The Morgan fingerprint density at radius 3 is 2.33 bits per heavy atom. The lowest BCUT2D eigenvalue weighted by atomic mass is 10.0. The van der Waals surface area contributed by atoms with Crippen LogP contribution >= 0.6 is 0 Å². The number of nitrogens with zero attached hydrogens (tertiary/aromatic N) is 1. The molecule has 1 atom stereocenters. The smallest absolute Gasteiger partial charge is 0.207 e. The zero-order valence-corrected chi connectivity index (χ0v) is 15.0. The first kappa shape index (κ1) is 16.9. The second-order valence-electron chi connectivity index (χ2n) is 6.19. The summed E-state index contributed by atoms with van der Waals surface area (Å²) < 4.78 is 27.8. The van der Waals surface area contributed by atoms with Crippen LogP contribution in [-0.4, -0.2) is 19.3 Å². The first-order valence-corrected chi connectivity index (χ1v) is 9.80. The van der Waals surface area contributed by atoms with E-state index >= 15 is 0 Å². The van der Waals surface area contributed by atoms with E-state index in [9.17, 15) is 8.42 Å². The van der Waals surface area contributed by atoms with Gasteiger partial charge in [-0.3, -0.25) is 0 Å². The first-order valence-electron chi connectivity index (χ1n) is 8.36. The predicted octanol–water partition coefficient (Wildman–Crippen LogP) is 4.25. The van der Waals surface area contributed by atoms with E-state index in [4.69, 9.17) is 0 Å². The molecule has 1 aliphatic heterocycles. The number of hydrogen-bond donors (Lipinski definition) is 0. The Morgan fingerprint density at radius 1 is 1.04 bits per heavy atom. The molecule has 2 aromatic carbocycles. The molecular weight excluding hydrogens is 318 g/mol. The van der Waals surface area contributed by atoms with E-state index in [1.54, 1.807) is 16.4 Å². The average molecular weight is 341 g/mol. The third kappa shape index (κ3) is 3.30. The van der Waals surface area contributed by atoms with Gasteiger partial charge in [0.05, 0.1) is 10.9 Å². The molecule has 0 amide bonds. The minimum absolute atomic E-state index is 0.240. The Morgan fingerprint density at radius 2 is 1.71 bits per heavy atom. The minimum atomic E-state index is -3.51. The van der Waals surface area contributed by atoms with Crippen molar-refractivity contribution in [1.29, 1.82) is 0 Å². The van der Waals surface area contributed by atoms with E-state index in [1.807, 2.05) is 37.3 Å². The van der Waals surface area contributed by atoms with Crippen LogP contribution in [0.3, 0.4) is 0 Å². The van der Waals surface area contributed by atoms with Gasteiger partial charge in [0, 0.05) is 6.54 Å². The van der Waals surface area contributed by atoms with E-state index in [0.717, 1.165) is 24.0 Å². The highest BCUT2D eigenvalue weighted by Crippen LogP contribution is 2.32. The average Bonchev–Trinajstić information content (AvgIpc) is 2.62. The van der Waals surface area contributed by atoms with Gasteiger partial charge in [0.2, 0.25) is 10.0 Å². The van der Waals surface area contributed by atoms with Gasteiger partial charge in [0.1, 0.15) is 0 Å². The molecule has 2 aromatic rings. The van der Waals surface area contributed by atoms with Gasteiger partial charge in [-0.2, -0.15) is 4.31 Å². The summed E-state index contributed by atoms with van der Waals surface area (Å²) >= 11 is 0. The molecule has 3 rings (SSSR count). The van der Waals surface area contributed by atoms with E-state index in [1.165, 1.54) is 5.56 Å². The zero-order chi connectivity index (χ0) is 17.2. The van der Waals surface area contributed by atoms with Crippen LogP contribution < -0.4 is 0 Å². The third-order valence-corrected chi connectivity index (χ3v) is 6.40. The maximum absolute atomic E-state index is 13.1. The molecule has 126 valence electrons. The van der Waals surface area contributed by atoms with Crippen LogP contribution in [0.2, 0.25) is 0 Å². The summed E-state index contributed by atoms with van der Waals surface area (Å²) in [6.07, 6.45) is 5.79. The maximum Gasteiger partial charge on any atom is 0.243 e. The zero-order valence-electron chi connectivity index (χ0n) is 14.1. The second-order valence-corrected chi connectivity index (χ2v) is 8.08. The topological polar surface area (TPSA) is 37.4 Å². The van der Waals surface area contributed by atoms with Gasteiger partial charge in [-0.25, -0.2) is 8.42 Å². The third-order valence-electron chi connectivity index (χ3n) is 4.50. The van der Waals surface area contributed by atoms with Crippen molar-refractivity contribution in [2.24, 2.45) is 0 Å². The molecule has 3 nitrogen and oxygen atoms in total. The highest BCUT2D eigenvalue weighted by Gasteiger charge is 2.32. The number of sulfonamides is 1. The van der Waals surface area contributed by atoms with Gasteiger partial charge in [0.25, 0.3) is 0 Å². The standard InChI is InChI=1S/C20H23NO2S/c1-3-17-9-11-18(12-10-17)20-6-4-5-15-21(20)24(22,23)19-13-7-16(2)8-14-19/h4,6-14,20H,3,5,15H2,1-2H3/t20-/m0/s1. The summed E-state index contributed by atoms with van der Waals surface area (Å²) in [6.45, 7) is 4.58. The Balaban J connectivity index is 1.97. The van der Waals surface area contributed by atoms with Crippen LogP contribution in [-0.2, 0) is 16.4 Å². The van der Waals surface area contributed by atoms with Crippen molar-refractivity contribution in [2.45, 2.75) is 37.6 Å². The van der Waals surface area contributed by atoms with Gasteiger partial charge < -0.3 is 0 Å². The molecule has 1 heterocycles. The van der Waals surface area contributed by atoms with Crippen LogP contribution in [0.5, 0.6) is 0 Å². The summed E-state index contributed by atoms with van der Waals surface area (Å²) in [5.41, 5.74) is 3.32. The molecular formula is C20H23NO2S. The first-order chi connectivity index (χ1) is 11.5. The summed E-state index contributed by atoms with van der Waals surface area (Å²) in [6, 6.07) is 15.1. The Hall–Kier alpha value is -1.91. The van der Waals surface area contributed by atoms with Crippen molar-refractivity contribution < 1.29 is 8.42 Å². The summed E-state index contributed by atoms with van der Waals surface area (Å²) in [5, 5.41) is 0. The second kappa shape index (κ2) is 6.91. The van der Waals surface area contributed by atoms with E-state index in [2.05, 4.69) is 25.1 Å². The molecule has 24 heavy (non-hydrogen) atoms. The largest absolute Gasteiger partial charge is 0.243 e. The fourth-order valence-electron chi connectivity index (χ4n) is 3.01. The van der Waals surface area contributed by atoms with E-state index in [0.29, 0.717) is 11.4 Å². The van der Waals surface area contributed by atoms with Crippen molar-refractivity contribution in [1.82, 2.24) is 4.31 Å². The molecule has 0 aliphatic carbocycles. The maximum atomic E-state index is 13.1. The Bertz CT molecular complexity index is 821. The Labute approximate surface area is 144 Å². The summed E-state index contributed by atoms with van der Waals surface area (Å²) in [4.78, 5) is 0.360. The molecule has 0 saturated carbocycles. The quantitative estimate of drug-likeness (QED) is 0.780. The number of hydrogen-bond acceptors (Lipinski definition) is 2. The predicted molar refractivity (Wildman–Crippen MR) is 97.4 cm³/mol. The summed E-state index contributed by atoms with van der Waals surface area (Å²) in [7, 11) is -3.51. The molecule has 4 heteroatoms. The molecule has 1 aliphatic rings. The number of benzene rings is 2. The lowest BCUT2D eigenvalue weighted by Crippen LogP contribution is -2.36. The lowest BCUT2D eigenvalue weighted by Gasteiger charge is -2.31. The van der Waals surface area contributed by atoms with Crippen LogP contribution in [0.1, 0.15) is 36.1 Å². The van der Waals surface area contributed by atoms with E-state index < -0.39 is 10.0 Å². The highest BCUT2D eigenvalue weighted by atomic mass is 32.2. The number of rotatable bonds is 4. The van der Waals surface area contributed by atoms with Crippen molar-refractivity contribution in [3.63, 3.8) is 0 Å². The molecule has 0 bridgehead atoms. The Kier molecular flexibility index (Phi) is 4.88. The van der Waals surface area contributed by atoms with Crippen LogP contribution in [0, 0.1) is 6.92 Å². The molecule has 0 saturated heterocycles. The van der Waals surface area contributed by atoms with Gasteiger partial charge in [-0.15, -0.1) is 0 Å². The summed E-state index contributed by atoms with van der Waals surface area (Å²) in [5.74, 6) is 0. The molecule has 0 unspecified atom stereocenters. The van der Waals surface area contributed by atoms with Gasteiger partial charge in [0.15, 0.2) is 0 Å². The lowest BCUT2D eigenvalue weighted by molar-refractivity contribution is 0.360. The van der Waals surface area contributed by atoms with Crippen LogP contribution in [0.15, 0.2) is 65.6 Å². The number of aryl methyl sites for hydroxylation is 2. The monoisotopic (exact) mass is 341 g/mol. The highest BCUT2D eigenvalue weighted by molar-refractivity contribution is 7.89. The normalized spacial score (nSPS) is 18.7. The van der Waals surface area contributed by atoms with Crippen LogP contribution in [0.25, 0.3) is 0 Å². The van der Waals surface area contributed by atoms with Crippen molar-refractivity contribution >= 4 is 10.0 Å².